The minimum Gasteiger partial charge on any atom is -0.493 e. The van der Waals surface area contributed by atoms with Crippen LogP contribution in [0.2, 0.25) is 0 Å². The lowest BCUT2D eigenvalue weighted by atomic mass is 10.1. The zero-order valence-electron chi connectivity index (χ0n) is 22.3. The van der Waals surface area contributed by atoms with E-state index in [-0.39, 0.29) is 12.5 Å². The highest BCUT2D eigenvalue weighted by molar-refractivity contribution is 5.81. The van der Waals surface area contributed by atoms with E-state index < -0.39 is 0 Å². The number of amides is 1. The number of anilines is 1. The van der Waals surface area contributed by atoms with Crippen LogP contribution in [0.25, 0.3) is 5.95 Å². The first-order chi connectivity index (χ1) is 19.1. The van der Waals surface area contributed by atoms with Gasteiger partial charge in [-0.2, -0.15) is 4.98 Å². The summed E-state index contributed by atoms with van der Waals surface area (Å²) in [6.45, 7) is 5.80. The third-order valence-corrected chi connectivity index (χ3v) is 6.67. The van der Waals surface area contributed by atoms with Gasteiger partial charge in [0.2, 0.25) is 11.9 Å². The number of carbonyl (C=O) groups excluding carboxylic acids is 1. The molecule has 0 radical (unpaired) electrons. The number of hydrogen-bond donors (Lipinski definition) is 2. The number of hydrogen-bond acceptors (Lipinski definition) is 7. The molecule has 0 saturated heterocycles. The zero-order chi connectivity index (χ0) is 26.9. The predicted octanol–water partition coefficient (Wildman–Crippen LogP) is 3.25. The Morgan fingerprint density at radius 3 is 2.82 bits per heavy atom. The van der Waals surface area contributed by atoms with Crippen molar-refractivity contribution < 1.29 is 9.53 Å². The molecule has 0 atom stereocenters. The minimum absolute atomic E-state index is 0.0304. The Bertz CT molecular complexity index is 1360. The molecule has 4 aromatic rings. The highest BCUT2D eigenvalue weighted by Gasteiger charge is 2.16. The average molecular weight is 526 g/mol. The van der Waals surface area contributed by atoms with Crippen LogP contribution in [0.5, 0.6) is 5.75 Å². The normalized spacial score (nSPS) is 12.1. The van der Waals surface area contributed by atoms with Crippen molar-refractivity contribution in [3.05, 3.63) is 95.7 Å². The third-order valence-electron chi connectivity index (χ3n) is 6.67. The second-order valence-corrected chi connectivity index (χ2v) is 9.72. The monoisotopic (exact) mass is 525 g/mol. The Morgan fingerprint density at radius 2 is 1.97 bits per heavy atom. The topological polar surface area (TPSA) is 97.2 Å². The highest BCUT2D eigenvalue weighted by Crippen LogP contribution is 2.25. The van der Waals surface area contributed by atoms with E-state index in [0.717, 1.165) is 56.2 Å². The van der Waals surface area contributed by atoms with E-state index in [1.165, 1.54) is 16.7 Å². The number of benzene rings is 2. The van der Waals surface area contributed by atoms with Gasteiger partial charge in [-0.15, -0.1) is 0 Å². The average Bonchev–Trinajstić information content (AvgIpc) is 3.65. The van der Waals surface area contributed by atoms with Crippen LogP contribution in [0.3, 0.4) is 0 Å². The van der Waals surface area contributed by atoms with Crippen LogP contribution < -0.4 is 20.3 Å². The first kappa shape index (κ1) is 26.4. The number of aryl methyl sites for hydroxylation is 1. The Labute approximate surface area is 229 Å². The summed E-state index contributed by atoms with van der Waals surface area (Å²) in [5, 5.41) is 6.59. The van der Waals surface area contributed by atoms with Gasteiger partial charge in [0, 0.05) is 50.2 Å². The summed E-state index contributed by atoms with van der Waals surface area (Å²) in [4.78, 5) is 28.5. The molecule has 0 fully saturated rings. The number of carbonyl (C=O) groups is 1. The van der Waals surface area contributed by atoms with Crippen LogP contribution in [0.15, 0.2) is 73.3 Å². The molecule has 1 amide bonds. The number of nitrogens with one attached hydrogen (secondary N) is 2. The molecular weight excluding hydrogens is 490 g/mol. The van der Waals surface area contributed by atoms with Gasteiger partial charge >= 0.3 is 0 Å². The van der Waals surface area contributed by atoms with Gasteiger partial charge in [0.25, 0.3) is 0 Å². The summed E-state index contributed by atoms with van der Waals surface area (Å²) in [7, 11) is 0. The number of rotatable bonds is 13. The Kier molecular flexibility index (Phi) is 8.80. The summed E-state index contributed by atoms with van der Waals surface area (Å²) < 4.78 is 7.37. The zero-order valence-corrected chi connectivity index (χ0v) is 22.3. The third kappa shape index (κ3) is 7.42. The SMILES string of the molecule is Cc1cc(N(CCCNCc2ccccc2)CC(=O)NCCc2ccc3c(c2)CCO3)nc(-n2ccnc2)n1. The first-order valence-electron chi connectivity index (χ1n) is 13.5. The molecule has 0 aliphatic carbocycles. The molecule has 0 spiro atoms. The van der Waals surface area contributed by atoms with Gasteiger partial charge in [-0.3, -0.25) is 9.36 Å². The minimum atomic E-state index is -0.0304. The maximum atomic E-state index is 13.0. The lowest BCUT2D eigenvalue weighted by Crippen LogP contribution is -2.39. The smallest absolute Gasteiger partial charge is 0.239 e. The molecule has 0 unspecified atom stereocenters. The molecule has 39 heavy (non-hydrogen) atoms. The number of ether oxygens (including phenoxy) is 1. The van der Waals surface area contributed by atoms with Crippen LogP contribution in [0.4, 0.5) is 5.82 Å². The quantitative estimate of drug-likeness (QED) is 0.259. The summed E-state index contributed by atoms with van der Waals surface area (Å²) in [6, 6.07) is 18.6. The number of aromatic nitrogens is 4. The second-order valence-electron chi connectivity index (χ2n) is 9.72. The molecule has 1 aliphatic rings. The van der Waals surface area contributed by atoms with Crippen molar-refractivity contribution in [1.29, 1.82) is 0 Å². The fourth-order valence-electron chi connectivity index (χ4n) is 4.66. The van der Waals surface area contributed by atoms with Gasteiger partial charge in [-0.05, 0) is 49.1 Å². The molecule has 0 bridgehead atoms. The number of imidazole rings is 1. The van der Waals surface area contributed by atoms with E-state index in [4.69, 9.17) is 9.72 Å². The van der Waals surface area contributed by atoms with E-state index >= 15 is 0 Å². The summed E-state index contributed by atoms with van der Waals surface area (Å²) in [6.07, 6.45) is 7.77. The van der Waals surface area contributed by atoms with Crippen LogP contribution >= 0.6 is 0 Å². The molecule has 9 nitrogen and oxygen atoms in total. The molecule has 9 heteroatoms. The molecule has 2 N–H and O–H groups in total. The number of fused-ring (bicyclic) bond motifs is 1. The van der Waals surface area contributed by atoms with Crippen molar-refractivity contribution in [2.24, 2.45) is 0 Å². The summed E-state index contributed by atoms with van der Waals surface area (Å²) >= 11 is 0. The van der Waals surface area contributed by atoms with Crippen LogP contribution in [0, 0.1) is 6.92 Å². The molecule has 5 rings (SSSR count). The van der Waals surface area contributed by atoms with Gasteiger partial charge in [0.1, 0.15) is 17.9 Å². The molecule has 0 saturated carbocycles. The highest BCUT2D eigenvalue weighted by atomic mass is 16.5. The Hall–Kier alpha value is -4.24. The van der Waals surface area contributed by atoms with Crippen molar-refractivity contribution in [1.82, 2.24) is 30.2 Å². The lowest BCUT2D eigenvalue weighted by Gasteiger charge is -2.24. The van der Waals surface area contributed by atoms with Gasteiger partial charge in [0.15, 0.2) is 0 Å². The van der Waals surface area contributed by atoms with E-state index in [2.05, 4.69) is 44.9 Å². The molecule has 1 aliphatic heterocycles. The molecule has 2 aromatic carbocycles. The first-order valence-corrected chi connectivity index (χ1v) is 13.5. The summed E-state index contributed by atoms with van der Waals surface area (Å²) in [5.74, 6) is 2.21. The maximum Gasteiger partial charge on any atom is 0.239 e. The van der Waals surface area contributed by atoms with E-state index in [9.17, 15) is 4.79 Å². The van der Waals surface area contributed by atoms with Crippen molar-refractivity contribution in [3.63, 3.8) is 0 Å². The van der Waals surface area contributed by atoms with Crippen LogP contribution in [-0.2, 0) is 24.2 Å². The van der Waals surface area contributed by atoms with E-state index in [1.807, 2.05) is 48.4 Å². The fraction of sp³-hybridized carbons (Fsp3) is 0.333. The summed E-state index contributed by atoms with van der Waals surface area (Å²) in [5.41, 5.74) is 4.54. The van der Waals surface area contributed by atoms with Crippen molar-refractivity contribution >= 4 is 11.7 Å². The van der Waals surface area contributed by atoms with Crippen LogP contribution in [0.1, 0.15) is 28.8 Å². The van der Waals surface area contributed by atoms with Crippen molar-refractivity contribution in [3.8, 4) is 11.7 Å². The molecule has 2 aromatic heterocycles. The Balaban J connectivity index is 1.19. The standard InChI is InChI=1S/C30H35N7O2/c1-23-18-28(35-30(34-23)37-16-14-32-22-37)36(15-5-12-31-20-25-6-3-2-4-7-25)21-29(38)33-13-10-24-8-9-27-26(19-24)11-17-39-27/h2-4,6-9,14,16,18-19,22,31H,5,10-13,15,17,20-21H2,1H3,(H,33,38). The Morgan fingerprint density at radius 1 is 1.08 bits per heavy atom. The van der Waals surface area contributed by atoms with E-state index in [0.29, 0.717) is 19.0 Å². The van der Waals surface area contributed by atoms with Gasteiger partial charge < -0.3 is 20.3 Å². The van der Waals surface area contributed by atoms with Gasteiger partial charge in [-0.1, -0.05) is 42.5 Å². The molecule has 3 heterocycles. The van der Waals surface area contributed by atoms with Crippen molar-refractivity contribution in [2.75, 3.05) is 37.7 Å². The molecular formula is C30H35N7O2. The largest absolute Gasteiger partial charge is 0.493 e. The second kappa shape index (κ2) is 13.0. The van der Waals surface area contributed by atoms with E-state index in [1.54, 1.807) is 17.1 Å². The fourth-order valence-corrected chi connectivity index (χ4v) is 4.66. The maximum absolute atomic E-state index is 13.0. The predicted molar refractivity (Wildman–Crippen MR) is 151 cm³/mol. The lowest BCUT2D eigenvalue weighted by molar-refractivity contribution is -0.119. The van der Waals surface area contributed by atoms with Crippen molar-refractivity contribution in [2.45, 2.75) is 32.7 Å². The van der Waals surface area contributed by atoms with Gasteiger partial charge in [-0.25, -0.2) is 9.97 Å². The van der Waals surface area contributed by atoms with Crippen LogP contribution in [-0.4, -0.2) is 58.2 Å². The van der Waals surface area contributed by atoms with Gasteiger partial charge in [0.05, 0.1) is 13.2 Å². The number of nitrogens with zero attached hydrogens (tertiary/aromatic N) is 5. The molecule has 202 valence electrons.